The zero-order valence-electron chi connectivity index (χ0n) is 8.48. The lowest BCUT2D eigenvalue weighted by molar-refractivity contribution is 0.167. The van der Waals surface area contributed by atoms with Crippen LogP contribution in [0.15, 0.2) is 12.4 Å². The van der Waals surface area contributed by atoms with Crippen molar-refractivity contribution < 1.29 is 9.47 Å². The molecule has 1 aliphatic heterocycles. The Hall–Kier alpha value is -1.03. The fraction of sp³-hybridized carbons (Fsp3) is 0.700. The maximum absolute atomic E-state index is 5.61. The van der Waals surface area contributed by atoms with Gasteiger partial charge in [-0.15, -0.1) is 0 Å². The van der Waals surface area contributed by atoms with Gasteiger partial charge < -0.3 is 9.47 Å². The molecule has 0 amide bonds. The average molecular weight is 196 g/mol. The van der Waals surface area contributed by atoms with E-state index in [4.69, 9.17) is 9.47 Å². The van der Waals surface area contributed by atoms with Crippen LogP contribution in [-0.4, -0.2) is 29.6 Å². The number of hydrogen-bond donors (Lipinski definition) is 0. The molecule has 0 aromatic carbocycles. The number of aromatic nitrogens is 2. The summed E-state index contributed by atoms with van der Waals surface area (Å²) < 4.78 is 12.7. The molecule has 1 atom stereocenters. The van der Waals surface area contributed by atoms with Crippen molar-refractivity contribution >= 4 is 0 Å². The number of nitrogens with zero attached hydrogens (tertiary/aromatic N) is 2. The molecule has 0 saturated carbocycles. The lowest BCUT2D eigenvalue weighted by atomic mass is 10.1. The maximum atomic E-state index is 5.61. The standard InChI is InChI=1S/C10H16N2O2/c1-2-12-6-10(5-11-12)14-8-9-3-4-13-7-9/h5-6,9H,2-4,7-8H2,1H3. The number of ether oxygens (including phenoxy) is 2. The molecular formula is C10H16N2O2. The summed E-state index contributed by atoms with van der Waals surface area (Å²) in [6, 6.07) is 0. The molecule has 0 spiro atoms. The van der Waals surface area contributed by atoms with Crippen LogP contribution in [0, 0.1) is 5.92 Å². The van der Waals surface area contributed by atoms with Gasteiger partial charge in [0.05, 0.1) is 25.6 Å². The molecule has 2 rings (SSSR count). The minimum absolute atomic E-state index is 0.556. The largest absolute Gasteiger partial charge is 0.490 e. The summed E-state index contributed by atoms with van der Waals surface area (Å²) in [5.41, 5.74) is 0. The van der Waals surface area contributed by atoms with Gasteiger partial charge in [-0.25, -0.2) is 0 Å². The molecule has 0 bridgehead atoms. The molecule has 0 N–H and O–H groups in total. The first-order valence-electron chi connectivity index (χ1n) is 5.11. The van der Waals surface area contributed by atoms with Crippen LogP contribution in [0.4, 0.5) is 0 Å². The Labute approximate surface area is 83.8 Å². The van der Waals surface area contributed by atoms with Crippen molar-refractivity contribution in [1.82, 2.24) is 9.78 Å². The van der Waals surface area contributed by atoms with Crippen LogP contribution in [0.3, 0.4) is 0 Å². The Morgan fingerprint density at radius 3 is 3.29 bits per heavy atom. The summed E-state index contributed by atoms with van der Waals surface area (Å²) >= 11 is 0. The van der Waals surface area contributed by atoms with Crippen LogP contribution in [0.5, 0.6) is 5.75 Å². The highest BCUT2D eigenvalue weighted by Crippen LogP contribution is 2.15. The molecule has 2 heterocycles. The van der Waals surface area contributed by atoms with Crippen molar-refractivity contribution in [3.8, 4) is 5.75 Å². The van der Waals surface area contributed by atoms with Gasteiger partial charge in [0.2, 0.25) is 0 Å². The Kier molecular flexibility index (Phi) is 3.03. The monoisotopic (exact) mass is 196 g/mol. The van der Waals surface area contributed by atoms with E-state index in [9.17, 15) is 0 Å². The van der Waals surface area contributed by atoms with E-state index in [0.29, 0.717) is 5.92 Å². The molecule has 1 aromatic rings. The van der Waals surface area contributed by atoms with Crippen LogP contribution in [-0.2, 0) is 11.3 Å². The van der Waals surface area contributed by atoms with Crippen LogP contribution in [0.1, 0.15) is 13.3 Å². The molecular weight excluding hydrogens is 180 g/mol. The summed E-state index contributed by atoms with van der Waals surface area (Å²) in [7, 11) is 0. The molecule has 1 unspecified atom stereocenters. The molecule has 1 aromatic heterocycles. The summed E-state index contributed by atoms with van der Waals surface area (Å²) in [6.07, 6.45) is 4.80. The van der Waals surface area contributed by atoms with E-state index < -0.39 is 0 Å². The van der Waals surface area contributed by atoms with Gasteiger partial charge in [-0.2, -0.15) is 5.10 Å². The van der Waals surface area contributed by atoms with Crippen molar-refractivity contribution in [3.63, 3.8) is 0 Å². The van der Waals surface area contributed by atoms with Crippen molar-refractivity contribution in [2.45, 2.75) is 19.9 Å². The summed E-state index contributed by atoms with van der Waals surface area (Å²) in [5.74, 6) is 1.42. The predicted octanol–water partition coefficient (Wildman–Crippen LogP) is 1.32. The normalized spacial score (nSPS) is 21.4. The summed E-state index contributed by atoms with van der Waals surface area (Å²) in [4.78, 5) is 0. The quantitative estimate of drug-likeness (QED) is 0.728. The van der Waals surface area contributed by atoms with Crippen molar-refractivity contribution in [3.05, 3.63) is 12.4 Å². The zero-order chi connectivity index (χ0) is 9.80. The highest BCUT2D eigenvalue weighted by atomic mass is 16.5. The van der Waals surface area contributed by atoms with Crippen LogP contribution in [0.2, 0.25) is 0 Å². The fourth-order valence-electron chi connectivity index (χ4n) is 1.52. The second kappa shape index (κ2) is 4.46. The molecule has 0 radical (unpaired) electrons. The molecule has 4 nitrogen and oxygen atoms in total. The van der Waals surface area contributed by atoms with E-state index in [0.717, 1.165) is 38.5 Å². The third kappa shape index (κ3) is 2.26. The van der Waals surface area contributed by atoms with Gasteiger partial charge in [0.1, 0.15) is 0 Å². The van der Waals surface area contributed by atoms with E-state index in [1.54, 1.807) is 6.20 Å². The number of rotatable bonds is 4. The lowest BCUT2D eigenvalue weighted by Crippen LogP contribution is -2.11. The molecule has 1 aliphatic rings. The molecule has 78 valence electrons. The average Bonchev–Trinajstić information content (AvgIpc) is 2.86. The van der Waals surface area contributed by atoms with Gasteiger partial charge >= 0.3 is 0 Å². The van der Waals surface area contributed by atoms with E-state index in [-0.39, 0.29) is 0 Å². The van der Waals surface area contributed by atoms with Crippen molar-refractivity contribution in [2.75, 3.05) is 19.8 Å². The number of aryl methyl sites for hydroxylation is 1. The van der Waals surface area contributed by atoms with Gasteiger partial charge in [-0.3, -0.25) is 4.68 Å². The highest BCUT2D eigenvalue weighted by molar-refractivity contribution is 5.11. The topological polar surface area (TPSA) is 36.3 Å². The lowest BCUT2D eigenvalue weighted by Gasteiger charge is -2.07. The first-order chi connectivity index (χ1) is 6.88. The third-order valence-corrected chi connectivity index (χ3v) is 2.44. The predicted molar refractivity (Wildman–Crippen MR) is 52.3 cm³/mol. The summed E-state index contributed by atoms with van der Waals surface area (Å²) in [6.45, 7) is 5.40. The summed E-state index contributed by atoms with van der Waals surface area (Å²) in [5, 5.41) is 4.14. The van der Waals surface area contributed by atoms with E-state index >= 15 is 0 Å². The van der Waals surface area contributed by atoms with E-state index in [2.05, 4.69) is 12.0 Å². The zero-order valence-corrected chi connectivity index (χ0v) is 8.48. The SMILES string of the molecule is CCn1cc(OCC2CCOC2)cn1. The second-order valence-corrected chi connectivity index (χ2v) is 3.57. The first kappa shape index (κ1) is 9.52. The first-order valence-corrected chi connectivity index (χ1v) is 5.11. The number of hydrogen-bond acceptors (Lipinski definition) is 3. The third-order valence-electron chi connectivity index (χ3n) is 2.44. The van der Waals surface area contributed by atoms with E-state index in [1.165, 1.54) is 0 Å². The Morgan fingerprint density at radius 1 is 1.71 bits per heavy atom. The Balaban J connectivity index is 1.79. The van der Waals surface area contributed by atoms with Crippen molar-refractivity contribution in [2.24, 2.45) is 5.92 Å². The Morgan fingerprint density at radius 2 is 2.64 bits per heavy atom. The minimum Gasteiger partial charge on any atom is -0.490 e. The molecule has 14 heavy (non-hydrogen) atoms. The minimum atomic E-state index is 0.556. The maximum Gasteiger partial charge on any atom is 0.157 e. The molecule has 1 saturated heterocycles. The van der Waals surface area contributed by atoms with Gasteiger partial charge in [-0.1, -0.05) is 0 Å². The van der Waals surface area contributed by atoms with E-state index in [1.807, 2.05) is 10.9 Å². The molecule has 4 heteroatoms. The van der Waals surface area contributed by atoms with Crippen molar-refractivity contribution in [1.29, 1.82) is 0 Å². The highest BCUT2D eigenvalue weighted by Gasteiger charge is 2.16. The molecule has 1 fully saturated rings. The van der Waals surface area contributed by atoms with Crippen LogP contribution in [0.25, 0.3) is 0 Å². The smallest absolute Gasteiger partial charge is 0.157 e. The fourth-order valence-corrected chi connectivity index (χ4v) is 1.52. The van der Waals surface area contributed by atoms with Gasteiger partial charge in [0.15, 0.2) is 5.75 Å². The van der Waals surface area contributed by atoms with Gasteiger partial charge in [0, 0.05) is 19.1 Å². The van der Waals surface area contributed by atoms with Crippen LogP contribution < -0.4 is 4.74 Å². The van der Waals surface area contributed by atoms with Gasteiger partial charge in [0.25, 0.3) is 0 Å². The molecule has 0 aliphatic carbocycles. The van der Waals surface area contributed by atoms with Crippen LogP contribution >= 0.6 is 0 Å². The second-order valence-electron chi connectivity index (χ2n) is 3.57. The Bertz CT molecular complexity index is 279. The van der Waals surface area contributed by atoms with Gasteiger partial charge in [-0.05, 0) is 13.3 Å².